The lowest BCUT2D eigenvalue weighted by atomic mass is 9.77. The number of hydrogen-bond donors (Lipinski definition) is 1. The van der Waals surface area contributed by atoms with Crippen LogP contribution in [0, 0.1) is 11.8 Å². The fourth-order valence-electron chi connectivity index (χ4n) is 4.55. The second kappa shape index (κ2) is 5.68. The molecule has 4 rings (SSSR count). The average molecular weight is 312 g/mol. The summed E-state index contributed by atoms with van der Waals surface area (Å²) >= 11 is 0. The number of aromatic nitrogens is 1. The zero-order chi connectivity index (χ0) is 16.0. The topological polar surface area (TPSA) is 45.3 Å². The number of esters is 1. The Bertz CT molecular complexity index is 736. The number of methoxy groups -OCH3 is 1. The number of rotatable bonds is 2. The molecule has 1 fully saturated rings. The summed E-state index contributed by atoms with van der Waals surface area (Å²) in [5.74, 6) is 0.455. The molecule has 0 radical (unpaired) electrons. The number of ether oxygens (including phenoxy) is 1. The minimum atomic E-state index is -0.0651. The van der Waals surface area contributed by atoms with E-state index in [-0.39, 0.29) is 17.9 Å². The summed E-state index contributed by atoms with van der Waals surface area (Å²) in [6.07, 6.45) is 3.11. The Labute approximate surface area is 136 Å². The van der Waals surface area contributed by atoms with Crippen LogP contribution in [0.2, 0.25) is 0 Å². The van der Waals surface area contributed by atoms with Crippen molar-refractivity contribution in [3.8, 4) is 0 Å². The molecule has 1 aromatic heterocycles. The molecule has 3 heterocycles. The minimum Gasteiger partial charge on any atom is -0.469 e. The van der Waals surface area contributed by atoms with Crippen molar-refractivity contribution < 1.29 is 9.53 Å². The van der Waals surface area contributed by atoms with Crippen molar-refractivity contribution in [3.63, 3.8) is 0 Å². The van der Waals surface area contributed by atoms with Gasteiger partial charge in [-0.25, -0.2) is 0 Å². The molecule has 2 aliphatic heterocycles. The molecule has 3 atom stereocenters. The first-order valence-electron chi connectivity index (χ1n) is 8.64. The van der Waals surface area contributed by atoms with Gasteiger partial charge in [0.25, 0.3) is 0 Å². The van der Waals surface area contributed by atoms with E-state index in [4.69, 9.17) is 4.74 Å². The van der Waals surface area contributed by atoms with Gasteiger partial charge >= 0.3 is 5.97 Å². The van der Waals surface area contributed by atoms with Crippen molar-refractivity contribution in [2.45, 2.75) is 32.2 Å². The molecule has 1 aromatic carbocycles. The van der Waals surface area contributed by atoms with Crippen molar-refractivity contribution in [2.75, 3.05) is 20.2 Å². The third-order valence-electron chi connectivity index (χ3n) is 5.73. The summed E-state index contributed by atoms with van der Waals surface area (Å²) in [5, 5.41) is 1.31. The van der Waals surface area contributed by atoms with E-state index in [2.05, 4.69) is 41.1 Å². The molecular formula is C19H24N2O2. The maximum Gasteiger partial charge on any atom is 0.310 e. The van der Waals surface area contributed by atoms with Crippen molar-refractivity contribution in [3.05, 3.63) is 35.5 Å². The summed E-state index contributed by atoms with van der Waals surface area (Å²) in [6.45, 7) is 4.34. The Balaban J connectivity index is 1.81. The lowest BCUT2D eigenvalue weighted by Crippen LogP contribution is -2.49. The maximum atomic E-state index is 12.4. The van der Waals surface area contributed by atoms with Crippen LogP contribution in [0.3, 0.4) is 0 Å². The predicted octanol–water partition coefficient (Wildman–Crippen LogP) is 3.29. The van der Waals surface area contributed by atoms with E-state index >= 15 is 0 Å². The van der Waals surface area contributed by atoms with Crippen LogP contribution >= 0.6 is 0 Å². The van der Waals surface area contributed by atoms with Gasteiger partial charge in [0, 0.05) is 29.7 Å². The molecule has 0 amide bonds. The number of fused-ring (bicyclic) bond motifs is 5. The highest BCUT2D eigenvalue weighted by molar-refractivity contribution is 5.85. The molecule has 4 nitrogen and oxygen atoms in total. The number of hydrogen-bond acceptors (Lipinski definition) is 3. The predicted molar refractivity (Wildman–Crippen MR) is 90.2 cm³/mol. The van der Waals surface area contributed by atoms with Crippen LogP contribution in [0.1, 0.15) is 37.1 Å². The van der Waals surface area contributed by atoms with Crippen LogP contribution < -0.4 is 0 Å². The Morgan fingerprint density at radius 1 is 1.39 bits per heavy atom. The SMILES string of the molecule is CC[C@H]1C[C@@H](C(=O)OC)[C@H]2c3[nH]c4ccccc4c3CCN2C1. The van der Waals surface area contributed by atoms with Gasteiger partial charge in [0.1, 0.15) is 0 Å². The van der Waals surface area contributed by atoms with Crippen LogP contribution in [0.5, 0.6) is 0 Å². The smallest absolute Gasteiger partial charge is 0.310 e. The van der Waals surface area contributed by atoms with Crippen molar-refractivity contribution in [1.29, 1.82) is 0 Å². The lowest BCUT2D eigenvalue weighted by molar-refractivity contribution is -0.151. The summed E-state index contributed by atoms with van der Waals surface area (Å²) in [6, 6.07) is 8.61. The molecule has 2 aliphatic rings. The molecule has 0 bridgehead atoms. The first-order chi connectivity index (χ1) is 11.2. The van der Waals surface area contributed by atoms with Crippen LogP contribution in [0.15, 0.2) is 24.3 Å². The Morgan fingerprint density at radius 3 is 3.00 bits per heavy atom. The number of piperidine rings is 1. The Morgan fingerprint density at radius 2 is 2.22 bits per heavy atom. The third-order valence-corrected chi connectivity index (χ3v) is 5.73. The highest BCUT2D eigenvalue weighted by Crippen LogP contribution is 2.44. The molecule has 1 N–H and O–H groups in total. The molecule has 23 heavy (non-hydrogen) atoms. The van der Waals surface area contributed by atoms with Gasteiger partial charge in [-0.3, -0.25) is 9.69 Å². The summed E-state index contributed by atoms with van der Waals surface area (Å²) < 4.78 is 5.14. The lowest BCUT2D eigenvalue weighted by Gasteiger charge is -2.45. The second-order valence-corrected chi connectivity index (χ2v) is 6.89. The molecular weight excluding hydrogens is 288 g/mol. The van der Waals surface area contributed by atoms with E-state index in [9.17, 15) is 4.79 Å². The molecule has 122 valence electrons. The van der Waals surface area contributed by atoms with Gasteiger partial charge in [-0.05, 0) is 30.4 Å². The van der Waals surface area contributed by atoms with E-state index in [1.165, 1.54) is 29.3 Å². The number of carbonyl (C=O) groups excluding carboxylic acids is 1. The molecule has 2 aromatic rings. The van der Waals surface area contributed by atoms with E-state index in [0.717, 1.165) is 32.4 Å². The fraction of sp³-hybridized carbons (Fsp3) is 0.526. The quantitative estimate of drug-likeness (QED) is 0.866. The zero-order valence-corrected chi connectivity index (χ0v) is 13.8. The van der Waals surface area contributed by atoms with E-state index < -0.39 is 0 Å². The molecule has 0 unspecified atom stereocenters. The van der Waals surface area contributed by atoms with Crippen molar-refractivity contribution in [1.82, 2.24) is 9.88 Å². The van der Waals surface area contributed by atoms with E-state index in [0.29, 0.717) is 5.92 Å². The van der Waals surface area contributed by atoms with Crippen molar-refractivity contribution >= 4 is 16.9 Å². The molecule has 0 saturated carbocycles. The Hall–Kier alpha value is -1.81. The summed E-state index contributed by atoms with van der Waals surface area (Å²) in [7, 11) is 1.51. The van der Waals surface area contributed by atoms with Gasteiger partial charge in [0.05, 0.1) is 19.1 Å². The average Bonchev–Trinajstić information content (AvgIpc) is 2.98. The van der Waals surface area contributed by atoms with Gasteiger partial charge in [-0.15, -0.1) is 0 Å². The van der Waals surface area contributed by atoms with Crippen LogP contribution in [-0.2, 0) is 16.0 Å². The summed E-state index contributed by atoms with van der Waals surface area (Å²) in [4.78, 5) is 18.6. The second-order valence-electron chi connectivity index (χ2n) is 6.89. The van der Waals surface area contributed by atoms with Gasteiger partial charge in [-0.1, -0.05) is 31.5 Å². The summed E-state index contributed by atoms with van der Waals surface area (Å²) in [5.41, 5.74) is 3.81. The largest absolute Gasteiger partial charge is 0.469 e. The van der Waals surface area contributed by atoms with Gasteiger partial charge in [0.15, 0.2) is 0 Å². The standard InChI is InChI=1S/C19H24N2O2/c1-3-12-10-15(19(22)23-2)18-17-14(8-9-21(18)11-12)13-6-4-5-7-16(13)20-17/h4-7,12,15,18,20H,3,8-11H2,1-2H3/t12-,15+,18-/m0/s1. The number of nitrogens with zero attached hydrogens (tertiary/aromatic N) is 1. The minimum absolute atomic E-state index is 0.0641. The monoisotopic (exact) mass is 312 g/mol. The molecule has 4 heteroatoms. The van der Waals surface area contributed by atoms with Gasteiger partial charge in [-0.2, -0.15) is 0 Å². The number of aromatic amines is 1. The van der Waals surface area contributed by atoms with Crippen LogP contribution in [-0.4, -0.2) is 36.1 Å². The zero-order valence-electron chi connectivity index (χ0n) is 13.8. The maximum absolute atomic E-state index is 12.4. The van der Waals surface area contributed by atoms with Gasteiger partial charge in [0.2, 0.25) is 0 Å². The first kappa shape index (κ1) is 14.8. The molecule has 0 spiro atoms. The fourth-order valence-corrected chi connectivity index (χ4v) is 4.55. The van der Waals surface area contributed by atoms with Crippen molar-refractivity contribution in [2.24, 2.45) is 11.8 Å². The number of para-hydroxylation sites is 1. The normalized spacial score (nSPS) is 27.5. The van der Waals surface area contributed by atoms with Crippen LogP contribution in [0.4, 0.5) is 0 Å². The molecule has 1 saturated heterocycles. The number of benzene rings is 1. The number of H-pyrrole nitrogens is 1. The molecule has 0 aliphatic carbocycles. The third kappa shape index (κ3) is 2.27. The first-order valence-corrected chi connectivity index (χ1v) is 8.64. The number of carbonyl (C=O) groups is 1. The van der Waals surface area contributed by atoms with Crippen LogP contribution in [0.25, 0.3) is 10.9 Å². The van der Waals surface area contributed by atoms with E-state index in [1.807, 2.05) is 0 Å². The highest BCUT2D eigenvalue weighted by atomic mass is 16.5. The highest BCUT2D eigenvalue weighted by Gasteiger charge is 2.44. The van der Waals surface area contributed by atoms with E-state index in [1.54, 1.807) is 0 Å². The Kier molecular flexibility index (Phi) is 3.64. The van der Waals surface area contributed by atoms with Gasteiger partial charge < -0.3 is 9.72 Å². The number of nitrogens with one attached hydrogen (secondary N) is 1.